The Morgan fingerprint density at radius 3 is 2.91 bits per heavy atom. The Morgan fingerprint density at radius 2 is 2.09 bits per heavy atom. The summed E-state index contributed by atoms with van der Waals surface area (Å²) < 4.78 is 9.69. The predicted molar refractivity (Wildman–Crippen MR) is 121 cm³/mol. The summed E-state index contributed by atoms with van der Waals surface area (Å²) in [4.78, 5) is 26.4. The first-order chi connectivity index (χ1) is 15.7. The van der Waals surface area contributed by atoms with Crippen molar-refractivity contribution in [2.45, 2.75) is 52.0 Å². The number of nitrogens with zero attached hydrogens (tertiary/aromatic N) is 8. The minimum atomic E-state index is -0.123. The molecule has 0 saturated carbocycles. The minimum Gasteiger partial charge on any atom is -0.332 e. The van der Waals surface area contributed by atoms with Crippen molar-refractivity contribution in [3.8, 4) is 11.6 Å². The highest BCUT2D eigenvalue weighted by molar-refractivity contribution is 9.18. The number of aryl methyl sites for hydroxylation is 3. The molecule has 0 aliphatic carbocycles. The van der Waals surface area contributed by atoms with Gasteiger partial charge in [-0.2, -0.15) is 4.98 Å². The van der Waals surface area contributed by atoms with E-state index in [0.717, 1.165) is 30.4 Å². The number of pyridine rings is 1. The smallest absolute Gasteiger partial charge is 0.276 e. The summed E-state index contributed by atoms with van der Waals surface area (Å²) in [5.74, 6) is 2.67. The lowest BCUT2D eigenvalue weighted by Crippen LogP contribution is -2.24. The number of halogens is 1. The van der Waals surface area contributed by atoms with Gasteiger partial charge in [0.2, 0.25) is 5.78 Å². The van der Waals surface area contributed by atoms with Crippen LogP contribution >= 0.6 is 15.9 Å². The lowest BCUT2D eigenvalue weighted by Gasteiger charge is -2.12. The average molecular weight is 497 g/mol. The lowest BCUT2D eigenvalue weighted by molar-refractivity contribution is 0.421. The first-order valence-corrected chi connectivity index (χ1v) is 11.4. The zero-order valence-corrected chi connectivity index (χ0v) is 19.1. The Balaban J connectivity index is 1.45. The molecule has 1 aliphatic rings. The molecule has 0 N–H and O–H groups in total. The van der Waals surface area contributed by atoms with Crippen LogP contribution in [0.4, 0.5) is 5.82 Å². The molecule has 11 heteroatoms. The third-order valence-corrected chi connectivity index (χ3v) is 5.86. The number of aliphatic imine (C=N–C) groups is 1. The van der Waals surface area contributed by atoms with Gasteiger partial charge in [0.25, 0.3) is 11.4 Å². The average Bonchev–Trinajstić information content (AvgIpc) is 3.53. The van der Waals surface area contributed by atoms with Crippen LogP contribution in [0.3, 0.4) is 0 Å². The standard InChI is InChI=1S/C21H21BrN8O2/c1-2-3-6-11-29-18-13(12-15(22)24-18)20(31)30-17(26-27-21(29)30)9-8-16-25-19(32-28-16)14-7-4-5-10-23-14/h4-5,7,10H,2-3,6,8-9,11-12H2,1H3. The Morgan fingerprint density at radius 1 is 1.19 bits per heavy atom. The number of hydrogen-bond acceptors (Lipinski definition) is 8. The molecule has 0 amide bonds. The number of hydrogen-bond donors (Lipinski definition) is 0. The van der Waals surface area contributed by atoms with Crippen molar-refractivity contribution in [3.05, 3.63) is 52.0 Å². The predicted octanol–water partition coefficient (Wildman–Crippen LogP) is 3.29. The maximum Gasteiger partial charge on any atom is 0.276 e. The van der Waals surface area contributed by atoms with Gasteiger partial charge in [-0.1, -0.05) is 31.0 Å². The lowest BCUT2D eigenvalue weighted by atomic mass is 10.2. The van der Waals surface area contributed by atoms with E-state index in [-0.39, 0.29) is 5.56 Å². The van der Waals surface area contributed by atoms with E-state index in [1.165, 1.54) is 0 Å². The summed E-state index contributed by atoms with van der Waals surface area (Å²) in [6.07, 6.45) is 6.25. The molecule has 0 bridgehead atoms. The topological polar surface area (TPSA) is 116 Å². The molecule has 0 aromatic carbocycles. The fourth-order valence-corrected chi connectivity index (χ4v) is 4.27. The molecule has 0 radical (unpaired) electrons. The molecule has 164 valence electrons. The molecule has 0 atom stereocenters. The second-order valence-electron chi connectivity index (χ2n) is 7.61. The van der Waals surface area contributed by atoms with Gasteiger partial charge in [-0.25, -0.2) is 9.39 Å². The van der Waals surface area contributed by atoms with E-state index in [9.17, 15) is 4.79 Å². The molecule has 0 saturated heterocycles. The van der Waals surface area contributed by atoms with Gasteiger partial charge in [-0.3, -0.25) is 14.3 Å². The summed E-state index contributed by atoms with van der Waals surface area (Å²) in [5, 5.41) is 12.7. The zero-order chi connectivity index (χ0) is 22.1. The van der Waals surface area contributed by atoms with E-state index in [1.807, 2.05) is 22.8 Å². The molecule has 4 aromatic rings. The van der Waals surface area contributed by atoms with Crippen molar-refractivity contribution in [2.24, 2.45) is 4.99 Å². The molecule has 0 spiro atoms. The number of unbranched alkanes of at least 4 members (excludes halogenated alkanes) is 2. The van der Waals surface area contributed by atoms with Crippen LogP contribution in [0.1, 0.15) is 43.4 Å². The highest BCUT2D eigenvalue weighted by Gasteiger charge is 2.25. The Kier molecular flexibility index (Phi) is 5.64. The van der Waals surface area contributed by atoms with Gasteiger partial charge in [0.15, 0.2) is 5.82 Å². The van der Waals surface area contributed by atoms with E-state index in [1.54, 1.807) is 10.6 Å². The van der Waals surface area contributed by atoms with Crippen LogP contribution in [0.25, 0.3) is 17.4 Å². The van der Waals surface area contributed by atoms with Crippen LogP contribution in [-0.2, 0) is 25.8 Å². The first-order valence-electron chi connectivity index (χ1n) is 10.6. The normalized spacial score (nSPS) is 13.0. The molecule has 0 unspecified atom stereocenters. The van der Waals surface area contributed by atoms with Crippen molar-refractivity contribution < 1.29 is 4.52 Å². The molecule has 32 heavy (non-hydrogen) atoms. The van der Waals surface area contributed by atoms with Crippen LogP contribution in [0, 0.1) is 0 Å². The molecule has 5 heterocycles. The van der Waals surface area contributed by atoms with E-state index < -0.39 is 0 Å². The highest BCUT2D eigenvalue weighted by Crippen LogP contribution is 2.28. The summed E-state index contributed by atoms with van der Waals surface area (Å²) in [7, 11) is 0. The Labute approximate surface area is 191 Å². The van der Waals surface area contributed by atoms with Crippen molar-refractivity contribution in [1.29, 1.82) is 0 Å². The van der Waals surface area contributed by atoms with Crippen molar-refractivity contribution in [3.63, 3.8) is 0 Å². The van der Waals surface area contributed by atoms with Gasteiger partial charge in [0.05, 0.1) is 10.2 Å². The fourth-order valence-electron chi connectivity index (χ4n) is 3.82. The van der Waals surface area contributed by atoms with Gasteiger partial charge in [-0.05, 0) is 34.5 Å². The van der Waals surface area contributed by atoms with Crippen molar-refractivity contribution in [1.82, 2.24) is 34.3 Å². The Bertz CT molecular complexity index is 1360. The summed E-state index contributed by atoms with van der Waals surface area (Å²) >= 11 is 3.45. The molecule has 1 aliphatic heterocycles. The minimum absolute atomic E-state index is 0.123. The highest BCUT2D eigenvalue weighted by atomic mass is 79.9. The van der Waals surface area contributed by atoms with E-state index in [4.69, 9.17) is 4.52 Å². The van der Waals surface area contributed by atoms with Crippen molar-refractivity contribution >= 4 is 32.1 Å². The van der Waals surface area contributed by atoms with Crippen LogP contribution in [0.2, 0.25) is 0 Å². The molecular formula is C21H21BrN8O2. The maximum absolute atomic E-state index is 13.2. The van der Waals surface area contributed by atoms with E-state index in [0.29, 0.717) is 59.7 Å². The molecule has 5 rings (SSSR count). The van der Waals surface area contributed by atoms with Crippen LogP contribution in [0.15, 0.2) is 38.7 Å². The number of rotatable bonds is 8. The fraction of sp³-hybridized carbons (Fsp3) is 0.381. The van der Waals surface area contributed by atoms with Crippen LogP contribution < -0.4 is 5.56 Å². The number of fused-ring (bicyclic) bond motifs is 2. The van der Waals surface area contributed by atoms with Gasteiger partial charge < -0.3 is 4.52 Å². The monoisotopic (exact) mass is 496 g/mol. The SMILES string of the molecule is CCCCCn1c2c(c(=O)n3c(CCc4noc(-c5ccccn5)n4)nnc13)CC(Br)=N2. The molecule has 4 aromatic heterocycles. The Hall–Kier alpha value is -3.21. The van der Waals surface area contributed by atoms with Crippen LogP contribution in [-0.4, -0.2) is 38.9 Å². The number of aromatic nitrogens is 7. The summed E-state index contributed by atoms with van der Waals surface area (Å²) in [6.45, 7) is 2.90. The summed E-state index contributed by atoms with van der Waals surface area (Å²) in [6, 6.07) is 5.50. The molecular weight excluding hydrogens is 476 g/mol. The molecule has 10 nitrogen and oxygen atoms in total. The second kappa shape index (κ2) is 8.73. The van der Waals surface area contributed by atoms with Gasteiger partial charge in [-0.15, -0.1) is 10.2 Å². The molecule has 0 fully saturated rings. The third-order valence-electron chi connectivity index (χ3n) is 5.40. The summed E-state index contributed by atoms with van der Waals surface area (Å²) in [5.41, 5.74) is 1.16. The van der Waals surface area contributed by atoms with E-state index in [2.05, 4.69) is 53.2 Å². The maximum atomic E-state index is 13.2. The van der Waals surface area contributed by atoms with Gasteiger partial charge >= 0.3 is 0 Å². The third kappa shape index (κ3) is 3.77. The quantitative estimate of drug-likeness (QED) is 0.343. The van der Waals surface area contributed by atoms with Crippen molar-refractivity contribution in [2.75, 3.05) is 0 Å². The first kappa shape index (κ1) is 20.7. The van der Waals surface area contributed by atoms with Gasteiger partial charge in [0, 0.05) is 32.0 Å². The second-order valence-corrected chi connectivity index (χ2v) is 8.53. The van der Waals surface area contributed by atoms with Crippen LogP contribution in [0.5, 0.6) is 0 Å². The zero-order valence-electron chi connectivity index (χ0n) is 17.5. The van der Waals surface area contributed by atoms with E-state index >= 15 is 0 Å². The largest absolute Gasteiger partial charge is 0.332 e. The van der Waals surface area contributed by atoms with Gasteiger partial charge in [0.1, 0.15) is 17.3 Å².